The van der Waals surface area contributed by atoms with Crippen molar-refractivity contribution in [2.24, 2.45) is 0 Å². The number of nitrogens with one attached hydrogen (secondary N) is 1. The Hall–Kier alpha value is -0.450. The number of hydrogen-bond acceptors (Lipinski definition) is 4. The van der Waals surface area contributed by atoms with Crippen molar-refractivity contribution in [2.45, 2.75) is 64.1 Å². The van der Waals surface area contributed by atoms with E-state index in [1.165, 1.54) is 49.5 Å². The van der Waals surface area contributed by atoms with Crippen LogP contribution in [0.4, 0.5) is 0 Å². The smallest absolute Gasteiger partial charge is 0.0954 e. The van der Waals surface area contributed by atoms with E-state index in [0.29, 0.717) is 5.92 Å². The SMILES string of the molecule is CC(C)c1nc(CN2CCCC2C2CCCN2)cs1. The summed E-state index contributed by atoms with van der Waals surface area (Å²) in [4.78, 5) is 7.45. The van der Waals surface area contributed by atoms with Gasteiger partial charge in [-0.15, -0.1) is 11.3 Å². The first-order valence-electron chi connectivity index (χ1n) is 7.66. The van der Waals surface area contributed by atoms with E-state index in [1.54, 1.807) is 0 Å². The van der Waals surface area contributed by atoms with E-state index >= 15 is 0 Å². The number of rotatable bonds is 4. The summed E-state index contributed by atoms with van der Waals surface area (Å²) < 4.78 is 0. The van der Waals surface area contributed by atoms with E-state index < -0.39 is 0 Å². The van der Waals surface area contributed by atoms with Crippen LogP contribution in [0.2, 0.25) is 0 Å². The third-order valence-electron chi connectivity index (χ3n) is 4.41. The molecule has 0 amide bonds. The van der Waals surface area contributed by atoms with Gasteiger partial charge < -0.3 is 5.32 Å². The molecule has 0 bridgehead atoms. The van der Waals surface area contributed by atoms with Crippen LogP contribution in [0.3, 0.4) is 0 Å². The van der Waals surface area contributed by atoms with Crippen LogP contribution < -0.4 is 5.32 Å². The molecule has 0 radical (unpaired) electrons. The highest BCUT2D eigenvalue weighted by molar-refractivity contribution is 7.09. The maximum Gasteiger partial charge on any atom is 0.0954 e. The minimum absolute atomic E-state index is 0.560. The highest BCUT2D eigenvalue weighted by Gasteiger charge is 2.33. The summed E-state index contributed by atoms with van der Waals surface area (Å²) in [5.41, 5.74) is 1.28. The average molecular weight is 279 g/mol. The van der Waals surface area contributed by atoms with Crippen molar-refractivity contribution in [3.63, 3.8) is 0 Å². The van der Waals surface area contributed by atoms with Crippen molar-refractivity contribution >= 4 is 11.3 Å². The lowest BCUT2D eigenvalue weighted by atomic mass is 10.0. The normalized spacial score (nSPS) is 28.6. The van der Waals surface area contributed by atoms with Crippen molar-refractivity contribution in [2.75, 3.05) is 13.1 Å². The quantitative estimate of drug-likeness (QED) is 0.918. The molecule has 2 aliphatic heterocycles. The Bertz CT molecular complexity index is 409. The Balaban J connectivity index is 1.64. The van der Waals surface area contributed by atoms with Gasteiger partial charge in [0, 0.05) is 29.9 Å². The Labute approximate surface area is 120 Å². The molecule has 2 aliphatic rings. The number of likely N-dealkylation sites (tertiary alicyclic amines) is 1. The highest BCUT2D eigenvalue weighted by atomic mass is 32.1. The first kappa shape index (κ1) is 13.5. The van der Waals surface area contributed by atoms with Gasteiger partial charge in [-0.3, -0.25) is 4.90 Å². The van der Waals surface area contributed by atoms with Gasteiger partial charge in [0.15, 0.2) is 0 Å². The lowest BCUT2D eigenvalue weighted by molar-refractivity contribution is 0.204. The van der Waals surface area contributed by atoms with Gasteiger partial charge in [0.25, 0.3) is 0 Å². The fourth-order valence-corrected chi connectivity index (χ4v) is 4.24. The number of thiazole rings is 1. The Morgan fingerprint density at radius 3 is 3.00 bits per heavy atom. The van der Waals surface area contributed by atoms with Gasteiger partial charge in [0.1, 0.15) is 0 Å². The summed E-state index contributed by atoms with van der Waals surface area (Å²) in [5, 5.41) is 7.22. The van der Waals surface area contributed by atoms with E-state index in [1.807, 2.05) is 11.3 Å². The van der Waals surface area contributed by atoms with E-state index in [0.717, 1.165) is 18.6 Å². The maximum absolute atomic E-state index is 4.79. The van der Waals surface area contributed by atoms with Gasteiger partial charge in [-0.05, 0) is 38.8 Å². The zero-order chi connectivity index (χ0) is 13.2. The monoisotopic (exact) mass is 279 g/mol. The lowest BCUT2D eigenvalue weighted by Gasteiger charge is -2.28. The fraction of sp³-hybridized carbons (Fsp3) is 0.800. The zero-order valence-electron chi connectivity index (χ0n) is 12.1. The molecule has 1 aromatic rings. The topological polar surface area (TPSA) is 28.2 Å². The van der Waals surface area contributed by atoms with E-state index in [9.17, 15) is 0 Å². The summed E-state index contributed by atoms with van der Waals surface area (Å²) >= 11 is 1.82. The minimum atomic E-state index is 0.560. The second kappa shape index (κ2) is 5.90. The van der Waals surface area contributed by atoms with Crippen LogP contribution in [0.5, 0.6) is 0 Å². The lowest BCUT2D eigenvalue weighted by Crippen LogP contribution is -2.43. The van der Waals surface area contributed by atoms with Crippen LogP contribution in [0.1, 0.15) is 56.2 Å². The molecule has 2 atom stereocenters. The van der Waals surface area contributed by atoms with E-state index in [4.69, 9.17) is 4.98 Å². The third-order valence-corrected chi connectivity index (χ3v) is 5.60. The van der Waals surface area contributed by atoms with Crippen LogP contribution in [0.15, 0.2) is 5.38 Å². The summed E-state index contributed by atoms with van der Waals surface area (Å²) in [5.74, 6) is 0.560. The van der Waals surface area contributed by atoms with Crippen LogP contribution in [-0.4, -0.2) is 35.1 Å². The molecule has 0 aliphatic carbocycles. The van der Waals surface area contributed by atoms with Crippen molar-refractivity contribution in [1.82, 2.24) is 15.2 Å². The van der Waals surface area contributed by atoms with Gasteiger partial charge in [-0.25, -0.2) is 4.98 Å². The van der Waals surface area contributed by atoms with Crippen LogP contribution in [0.25, 0.3) is 0 Å². The zero-order valence-corrected chi connectivity index (χ0v) is 12.9. The molecule has 2 saturated heterocycles. The number of hydrogen-bond donors (Lipinski definition) is 1. The first-order chi connectivity index (χ1) is 9.24. The summed E-state index contributed by atoms with van der Waals surface area (Å²) in [6, 6.07) is 1.47. The molecule has 106 valence electrons. The van der Waals surface area contributed by atoms with Crippen molar-refractivity contribution in [3.8, 4) is 0 Å². The first-order valence-corrected chi connectivity index (χ1v) is 8.54. The standard InChI is InChI=1S/C15H25N3S/c1-11(2)15-17-12(10-19-15)9-18-8-4-6-14(18)13-5-3-7-16-13/h10-11,13-14,16H,3-9H2,1-2H3. The van der Waals surface area contributed by atoms with Crippen molar-refractivity contribution in [1.29, 1.82) is 0 Å². The minimum Gasteiger partial charge on any atom is -0.312 e. The van der Waals surface area contributed by atoms with Crippen LogP contribution >= 0.6 is 11.3 Å². The predicted octanol–water partition coefficient (Wildman–Crippen LogP) is 2.98. The third kappa shape index (κ3) is 3.01. The molecule has 1 aromatic heterocycles. The summed E-state index contributed by atoms with van der Waals surface area (Å²) in [6.45, 7) is 7.96. The van der Waals surface area contributed by atoms with Gasteiger partial charge in [0.05, 0.1) is 10.7 Å². The second-order valence-electron chi connectivity index (χ2n) is 6.21. The maximum atomic E-state index is 4.79. The van der Waals surface area contributed by atoms with Crippen molar-refractivity contribution in [3.05, 3.63) is 16.1 Å². The van der Waals surface area contributed by atoms with Gasteiger partial charge in [-0.2, -0.15) is 0 Å². The Morgan fingerprint density at radius 1 is 1.42 bits per heavy atom. The molecule has 19 heavy (non-hydrogen) atoms. The largest absolute Gasteiger partial charge is 0.312 e. The average Bonchev–Trinajstić information content (AvgIpc) is 3.09. The van der Waals surface area contributed by atoms with E-state index in [2.05, 4.69) is 29.4 Å². The van der Waals surface area contributed by atoms with Gasteiger partial charge in [0.2, 0.25) is 0 Å². The van der Waals surface area contributed by atoms with Gasteiger partial charge >= 0.3 is 0 Å². The molecule has 0 aromatic carbocycles. The summed E-state index contributed by atoms with van der Waals surface area (Å²) in [7, 11) is 0. The molecule has 2 unspecified atom stereocenters. The Morgan fingerprint density at radius 2 is 2.32 bits per heavy atom. The second-order valence-corrected chi connectivity index (χ2v) is 7.10. The predicted molar refractivity (Wildman–Crippen MR) is 80.7 cm³/mol. The van der Waals surface area contributed by atoms with E-state index in [-0.39, 0.29) is 0 Å². The number of aromatic nitrogens is 1. The molecular formula is C15H25N3S. The van der Waals surface area contributed by atoms with Crippen LogP contribution in [-0.2, 0) is 6.54 Å². The Kier molecular flexibility index (Phi) is 4.20. The number of nitrogens with zero attached hydrogens (tertiary/aromatic N) is 2. The molecule has 1 N–H and O–H groups in total. The molecular weight excluding hydrogens is 254 g/mol. The molecule has 0 saturated carbocycles. The fourth-order valence-electron chi connectivity index (χ4n) is 3.41. The molecule has 0 spiro atoms. The molecule has 3 heterocycles. The molecule has 2 fully saturated rings. The molecule has 4 heteroatoms. The van der Waals surface area contributed by atoms with Crippen LogP contribution in [0, 0.1) is 0 Å². The summed E-state index contributed by atoms with van der Waals surface area (Å²) in [6.07, 6.45) is 5.42. The van der Waals surface area contributed by atoms with Crippen molar-refractivity contribution < 1.29 is 0 Å². The highest BCUT2D eigenvalue weighted by Crippen LogP contribution is 2.27. The van der Waals surface area contributed by atoms with Gasteiger partial charge in [-0.1, -0.05) is 13.8 Å². The molecule has 3 nitrogen and oxygen atoms in total. The molecule has 3 rings (SSSR count).